The number of halogens is 1. The Labute approximate surface area is 106 Å². The quantitative estimate of drug-likeness (QED) is 0.891. The van der Waals surface area contributed by atoms with E-state index in [0.29, 0.717) is 15.9 Å². The van der Waals surface area contributed by atoms with Gasteiger partial charge in [-0.05, 0) is 34.5 Å². The van der Waals surface area contributed by atoms with Crippen LogP contribution in [0, 0.1) is 6.92 Å². The van der Waals surface area contributed by atoms with Crippen molar-refractivity contribution in [2.24, 2.45) is 0 Å². The molecule has 2 rings (SSSR count). The minimum Gasteiger partial charge on any atom is -0.504 e. The van der Waals surface area contributed by atoms with Gasteiger partial charge in [0.1, 0.15) is 5.69 Å². The fourth-order valence-electron chi connectivity index (χ4n) is 1.66. The van der Waals surface area contributed by atoms with Crippen LogP contribution in [0.5, 0.6) is 11.5 Å². The van der Waals surface area contributed by atoms with Crippen molar-refractivity contribution in [1.82, 2.24) is 5.16 Å². The van der Waals surface area contributed by atoms with E-state index < -0.39 is 0 Å². The van der Waals surface area contributed by atoms with Crippen LogP contribution in [0.15, 0.2) is 21.1 Å². The predicted molar refractivity (Wildman–Crippen MR) is 67.0 cm³/mol. The largest absolute Gasteiger partial charge is 0.504 e. The topological polar surface area (TPSA) is 81.5 Å². The number of phenolic OH excluding ortho intramolecular Hbond substituents is 1. The van der Waals surface area contributed by atoms with Crippen molar-refractivity contribution < 1.29 is 14.4 Å². The van der Waals surface area contributed by atoms with Crippen LogP contribution in [0.25, 0.3) is 11.3 Å². The fourth-order valence-corrected chi connectivity index (χ4v) is 2.54. The van der Waals surface area contributed by atoms with Crippen LogP contribution in [0.1, 0.15) is 5.56 Å². The highest BCUT2D eigenvalue weighted by Crippen LogP contribution is 2.43. The summed E-state index contributed by atoms with van der Waals surface area (Å²) in [6.07, 6.45) is 0. The lowest BCUT2D eigenvalue weighted by Gasteiger charge is -2.11. The van der Waals surface area contributed by atoms with Gasteiger partial charge in [-0.2, -0.15) is 0 Å². The van der Waals surface area contributed by atoms with Crippen molar-refractivity contribution in [2.75, 3.05) is 12.8 Å². The molecular weight excluding hydrogens is 288 g/mol. The first-order valence-electron chi connectivity index (χ1n) is 4.83. The summed E-state index contributed by atoms with van der Waals surface area (Å²) < 4.78 is 10.6. The molecule has 0 saturated heterocycles. The standard InChI is InChI=1S/C11H11BrN2O3/c1-5-3-7(15)11(16-2)10(12)9(5)6-4-8(13)17-14-6/h3-4,15H,13H2,1-2H3. The number of phenols is 1. The van der Waals surface area contributed by atoms with Crippen LogP contribution in [-0.2, 0) is 0 Å². The monoisotopic (exact) mass is 298 g/mol. The Balaban J connectivity index is 2.69. The molecule has 2 aromatic rings. The zero-order valence-corrected chi connectivity index (χ0v) is 10.9. The first-order valence-corrected chi connectivity index (χ1v) is 5.62. The van der Waals surface area contributed by atoms with E-state index in [1.54, 1.807) is 12.1 Å². The molecule has 1 aromatic carbocycles. The molecule has 0 aliphatic carbocycles. The van der Waals surface area contributed by atoms with E-state index in [0.717, 1.165) is 11.1 Å². The van der Waals surface area contributed by atoms with Gasteiger partial charge in [-0.25, -0.2) is 0 Å². The number of anilines is 1. The lowest BCUT2D eigenvalue weighted by molar-refractivity contribution is 0.371. The highest BCUT2D eigenvalue weighted by atomic mass is 79.9. The second-order valence-electron chi connectivity index (χ2n) is 3.55. The van der Waals surface area contributed by atoms with Gasteiger partial charge in [-0.1, -0.05) is 5.16 Å². The van der Waals surface area contributed by atoms with Gasteiger partial charge in [0.05, 0.1) is 11.6 Å². The molecule has 0 spiro atoms. The fraction of sp³-hybridized carbons (Fsp3) is 0.182. The Kier molecular flexibility index (Phi) is 2.97. The number of nitrogen functional groups attached to an aromatic ring is 1. The van der Waals surface area contributed by atoms with Crippen molar-refractivity contribution in [3.05, 3.63) is 22.2 Å². The number of nitrogens with zero attached hydrogens (tertiary/aromatic N) is 1. The van der Waals surface area contributed by atoms with E-state index >= 15 is 0 Å². The van der Waals surface area contributed by atoms with Gasteiger partial charge in [0.15, 0.2) is 11.5 Å². The summed E-state index contributed by atoms with van der Waals surface area (Å²) in [6, 6.07) is 3.22. The smallest absolute Gasteiger partial charge is 0.222 e. The van der Waals surface area contributed by atoms with Crippen LogP contribution in [0.4, 0.5) is 5.88 Å². The van der Waals surface area contributed by atoms with E-state index in [4.69, 9.17) is 15.0 Å². The number of nitrogens with two attached hydrogens (primary N) is 1. The van der Waals surface area contributed by atoms with Gasteiger partial charge in [-0.3, -0.25) is 0 Å². The van der Waals surface area contributed by atoms with Gasteiger partial charge in [0, 0.05) is 11.6 Å². The Morgan fingerprint density at radius 3 is 2.71 bits per heavy atom. The maximum Gasteiger partial charge on any atom is 0.222 e. The van der Waals surface area contributed by atoms with Gasteiger partial charge in [0.2, 0.25) is 5.88 Å². The summed E-state index contributed by atoms with van der Waals surface area (Å²) in [4.78, 5) is 0. The van der Waals surface area contributed by atoms with Crippen LogP contribution in [0.3, 0.4) is 0 Å². The van der Waals surface area contributed by atoms with Crippen molar-refractivity contribution >= 4 is 21.8 Å². The Morgan fingerprint density at radius 1 is 1.47 bits per heavy atom. The molecule has 0 radical (unpaired) electrons. The number of aromatic nitrogens is 1. The molecule has 3 N–H and O–H groups in total. The molecule has 0 fully saturated rings. The second-order valence-corrected chi connectivity index (χ2v) is 4.34. The van der Waals surface area contributed by atoms with Gasteiger partial charge < -0.3 is 20.1 Å². The van der Waals surface area contributed by atoms with E-state index in [2.05, 4.69) is 21.1 Å². The molecular formula is C11H11BrN2O3. The average Bonchev–Trinajstić information content (AvgIpc) is 2.64. The van der Waals surface area contributed by atoms with Gasteiger partial charge in [0.25, 0.3) is 0 Å². The molecule has 5 nitrogen and oxygen atoms in total. The summed E-state index contributed by atoms with van der Waals surface area (Å²) in [5.74, 6) is 0.655. The average molecular weight is 299 g/mol. The summed E-state index contributed by atoms with van der Waals surface area (Å²) in [7, 11) is 1.48. The molecule has 0 unspecified atom stereocenters. The van der Waals surface area contributed by atoms with Crippen LogP contribution in [-0.4, -0.2) is 17.4 Å². The normalized spacial score (nSPS) is 10.5. The second kappa shape index (κ2) is 4.29. The molecule has 0 atom stereocenters. The highest BCUT2D eigenvalue weighted by molar-refractivity contribution is 9.10. The number of aryl methyl sites for hydroxylation is 1. The van der Waals surface area contributed by atoms with Crippen molar-refractivity contribution in [2.45, 2.75) is 6.92 Å². The molecule has 1 aromatic heterocycles. The third-order valence-electron chi connectivity index (χ3n) is 2.39. The maximum absolute atomic E-state index is 9.73. The third kappa shape index (κ3) is 1.95. The number of aromatic hydroxyl groups is 1. The van der Waals surface area contributed by atoms with Gasteiger partial charge >= 0.3 is 0 Å². The number of hydrogen-bond donors (Lipinski definition) is 2. The number of ether oxygens (including phenoxy) is 1. The third-order valence-corrected chi connectivity index (χ3v) is 3.14. The highest BCUT2D eigenvalue weighted by Gasteiger charge is 2.18. The SMILES string of the molecule is COc1c(O)cc(C)c(-c2cc(N)on2)c1Br. The Morgan fingerprint density at radius 2 is 2.18 bits per heavy atom. The lowest BCUT2D eigenvalue weighted by atomic mass is 10.0. The summed E-state index contributed by atoms with van der Waals surface area (Å²) in [5.41, 5.74) is 7.69. The van der Waals surface area contributed by atoms with Crippen molar-refractivity contribution in [3.63, 3.8) is 0 Å². The molecule has 6 heteroatoms. The van der Waals surface area contributed by atoms with E-state index in [-0.39, 0.29) is 11.6 Å². The molecule has 0 bridgehead atoms. The number of rotatable bonds is 2. The minimum absolute atomic E-state index is 0.0668. The lowest BCUT2D eigenvalue weighted by Crippen LogP contribution is -1.92. The van der Waals surface area contributed by atoms with Crippen LogP contribution >= 0.6 is 15.9 Å². The molecule has 0 saturated carbocycles. The molecule has 17 heavy (non-hydrogen) atoms. The molecule has 90 valence electrons. The Hall–Kier alpha value is -1.69. The molecule has 0 aliphatic heterocycles. The van der Waals surface area contributed by atoms with Crippen LogP contribution in [0.2, 0.25) is 0 Å². The summed E-state index contributed by atoms with van der Waals surface area (Å²) >= 11 is 3.38. The van der Waals surface area contributed by atoms with Crippen molar-refractivity contribution in [3.8, 4) is 22.8 Å². The van der Waals surface area contributed by atoms with Gasteiger partial charge in [-0.15, -0.1) is 0 Å². The van der Waals surface area contributed by atoms with E-state index in [1.807, 2.05) is 6.92 Å². The maximum atomic E-state index is 9.73. The zero-order valence-electron chi connectivity index (χ0n) is 9.32. The van der Waals surface area contributed by atoms with Crippen molar-refractivity contribution in [1.29, 1.82) is 0 Å². The molecule has 0 amide bonds. The first-order chi connectivity index (χ1) is 8.04. The number of methoxy groups -OCH3 is 1. The minimum atomic E-state index is 0.0668. The number of benzene rings is 1. The number of hydrogen-bond acceptors (Lipinski definition) is 5. The predicted octanol–water partition coefficient (Wildman–Crippen LogP) is 2.71. The first kappa shape index (κ1) is 11.8. The molecule has 0 aliphatic rings. The van der Waals surface area contributed by atoms with Crippen LogP contribution < -0.4 is 10.5 Å². The summed E-state index contributed by atoms with van der Waals surface area (Å²) in [5, 5.41) is 13.6. The Bertz CT molecular complexity index is 566. The van der Waals surface area contributed by atoms with E-state index in [9.17, 15) is 5.11 Å². The summed E-state index contributed by atoms with van der Waals surface area (Å²) in [6.45, 7) is 1.85. The zero-order chi connectivity index (χ0) is 12.6. The molecule has 1 heterocycles. The van der Waals surface area contributed by atoms with E-state index in [1.165, 1.54) is 7.11 Å².